The highest BCUT2D eigenvalue weighted by atomic mass is 19.3. The van der Waals surface area contributed by atoms with E-state index in [0.717, 1.165) is 18.2 Å². The normalized spacial score (nSPS) is 18.8. The van der Waals surface area contributed by atoms with Gasteiger partial charge in [-0.2, -0.15) is 22.7 Å². The number of alkyl halides is 5. The standard InChI is InChI=1S/C31H27F6N5O2/c1-41-19-27(32)30(34,35)31(36,37)29(41,33)15-17-44-26-13-12-23(18-24(26)25-14-16-38-42(25)2)40-28(43)39-22-10-8-21(9-11-22)20-6-4-3-5-7-20/h3-14,16,18-19H,15,17H2,1-2H3,(H2,39,40,43)/t29-/m0/s1. The summed E-state index contributed by atoms with van der Waals surface area (Å²) >= 11 is 0. The summed E-state index contributed by atoms with van der Waals surface area (Å²) in [7, 11) is 2.37. The molecule has 0 spiro atoms. The second kappa shape index (κ2) is 11.6. The van der Waals surface area contributed by atoms with Gasteiger partial charge >= 0.3 is 17.9 Å². The van der Waals surface area contributed by atoms with Crippen molar-refractivity contribution >= 4 is 17.4 Å². The molecule has 0 fully saturated rings. The molecule has 5 rings (SSSR count). The van der Waals surface area contributed by atoms with Crippen LogP contribution in [0.3, 0.4) is 0 Å². The number of ether oxygens (including phenoxy) is 1. The number of allylic oxidation sites excluding steroid dienone is 1. The lowest BCUT2D eigenvalue weighted by Crippen LogP contribution is -2.65. The van der Waals surface area contributed by atoms with Crippen LogP contribution in [-0.4, -0.2) is 52.0 Å². The van der Waals surface area contributed by atoms with E-state index in [1.54, 1.807) is 25.2 Å². The van der Waals surface area contributed by atoms with E-state index in [-0.39, 0.29) is 16.8 Å². The Morgan fingerprint density at radius 2 is 1.50 bits per heavy atom. The largest absolute Gasteiger partial charge is 0.493 e. The van der Waals surface area contributed by atoms with Crippen LogP contribution in [0.2, 0.25) is 0 Å². The maximum absolute atomic E-state index is 15.4. The number of carbonyl (C=O) groups excluding carboxylic acids is 1. The maximum Gasteiger partial charge on any atom is 0.368 e. The molecule has 4 aromatic rings. The second-order valence-corrected chi connectivity index (χ2v) is 10.2. The van der Waals surface area contributed by atoms with Crippen LogP contribution in [0.25, 0.3) is 22.4 Å². The number of benzene rings is 3. The van der Waals surface area contributed by atoms with Crippen LogP contribution in [-0.2, 0) is 7.05 Å². The Morgan fingerprint density at radius 3 is 2.16 bits per heavy atom. The van der Waals surface area contributed by atoms with Gasteiger partial charge in [0.25, 0.3) is 5.79 Å². The van der Waals surface area contributed by atoms with Gasteiger partial charge in [0.15, 0.2) is 5.83 Å². The smallest absolute Gasteiger partial charge is 0.368 e. The van der Waals surface area contributed by atoms with E-state index in [1.807, 2.05) is 42.5 Å². The number of amides is 2. The van der Waals surface area contributed by atoms with Gasteiger partial charge in [-0.3, -0.25) is 4.68 Å². The molecule has 1 aromatic heterocycles. The van der Waals surface area contributed by atoms with Crippen molar-refractivity contribution < 1.29 is 35.9 Å². The first-order valence-electron chi connectivity index (χ1n) is 13.4. The maximum atomic E-state index is 15.4. The third kappa shape index (κ3) is 5.56. The van der Waals surface area contributed by atoms with Crippen LogP contribution in [0.4, 0.5) is 42.5 Å². The average molecular weight is 616 g/mol. The zero-order chi connectivity index (χ0) is 31.7. The highest BCUT2D eigenvalue weighted by molar-refractivity contribution is 6.00. The second-order valence-electron chi connectivity index (χ2n) is 10.2. The molecule has 2 heterocycles. The number of nitrogens with one attached hydrogen (secondary N) is 2. The molecule has 230 valence electrons. The van der Waals surface area contributed by atoms with E-state index in [4.69, 9.17) is 4.74 Å². The predicted molar refractivity (Wildman–Crippen MR) is 154 cm³/mol. The van der Waals surface area contributed by atoms with Crippen molar-refractivity contribution in [3.05, 3.63) is 97.1 Å². The molecule has 0 bridgehead atoms. The number of aryl methyl sites for hydroxylation is 1. The van der Waals surface area contributed by atoms with Crippen molar-refractivity contribution in [1.29, 1.82) is 0 Å². The van der Waals surface area contributed by atoms with Gasteiger partial charge < -0.3 is 20.3 Å². The summed E-state index contributed by atoms with van der Waals surface area (Å²) in [4.78, 5) is 12.8. The summed E-state index contributed by atoms with van der Waals surface area (Å²) in [6.45, 7) is -0.765. The monoisotopic (exact) mass is 615 g/mol. The fourth-order valence-corrected chi connectivity index (χ4v) is 4.84. The molecule has 3 aromatic carbocycles. The summed E-state index contributed by atoms with van der Waals surface area (Å²) in [5.74, 6) is -17.0. The van der Waals surface area contributed by atoms with Crippen molar-refractivity contribution in [1.82, 2.24) is 14.7 Å². The van der Waals surface area contributed by atoms with Crippen molar-refractivity contribution in [3.63, 3.8) is 0 Å². The summed E-state index contributed by atoms with van der Waals surface area (Å²) < 4.78 is 92.8. The molecular weight excluding hydrogens is 588 g/mol. The molecule has 0 aliphatic carbocycles. The van der Waals surface area contributed by atoms with Crippen molar-refractivity contribution in [2.45, 2.75) is 24.1 Å². The molecule has 0 unspecified atom stereocenters. The molecule has 0 saturated carbocycles. The Balaban J connectivity index is 1.30. The van der Waals surface area contributed by atoms with Gasteiger partial charge in [-0.05, 0) is 47.5 Å². The van der Waals surface area contributed by atoms with E-state index in [2.05, 4.69) is 15.7 Å². The minimum atomic E-state index is -5.37. The summed E-state index contributed by atoms with van der Waals surface area (Å²) in [6.07, 6.45) is 0.288. The number of hydrogen-bond donors (Lipinski definition) is 2. The van der Waals surface area contributed by atoms with Gasteiger partial charge in [0.2, 0.25) is 0 Å². The number of nitrogens with zero attached hydrogens (tertiary/aromatic N) is 3. The minimum absolute atomic E-state index is 0.0155. The van der Waals surface area contributed by atoms with E-state index in [9.17, 15) is 26.7 Å². The van der Waals surface area contributed by atoms with Crippen LogP contribution in [0, 0.1) is 0 Å². The van der Waals surface area contributed by atoms with Gasteiger partial charge in [0.05, 0.1) is 12.3 Å². The fourth-order valence-electron chi connectivity index (χ4n) is 4.84. The van der Waals surface area contributed by atoms with E-state index in [0.29, 0.717) is 22.6 Å². The van der Waals surface area contributed by atoms with Crippen molar-refractivity contribution in [3.8, 4) is 28.1 Å². The highest BCUT2D eigenvalue weighted by Crippen LogP contribution is 2.54. The van der Waals surface area contributed by atoms with Crippen molar-refractivity contribution in [2.24, 2.45) is 7.05 Å². The molecule has 2 amide bonds. The number of urea groups is 1. The predicted octanol–water partition coefficient (Wildman–Crippen LogP) is 7.86. The van der Waals surface area contributed by atoms with Gasteiger partial charge in [-0.1, -0.05) is 42.5 Å². The van der Waals surface area contributed by atoms with Crippen LogP contribution >= 0.6 is 0 Å². The molecule has 0 saturated heterocycles. The molecule has 1 atom stereocenters. The molecule has 13 heteroatoms. The number of hydrogen-bond acceptors (Lipinski definition) is 4. The molecular formula is C31H27F6N5O2. The zero-order valence-electron chi connectivity index (χ0n) is 23.5. The van der Waals surface area contributed by atoms with Crippen LogP contribution in [0.15, 0.2) is 97.1 Å². The van der Waals surface area contributed by atoms with E-state index >= 15 is 4.39 Å². The Hall–Kier alpha value is -4.94. The van der Waals surface area contributed by atoms with Crippen LogP contribution < -0.4 is 15.4 Å². The first-order chi connectivity index (χ1) is 20.8. The SMILES string of the molecule is CN1C=C(F)C(F)(F)C(F)(F)[C@]1(F)CCOc1ccc(NC(=O)Nc2ccc(-c3ccccc3)cc2)cc1-c1ccnn1C. The quantitative estimate of drug-likeness (QED) is 0.156. The number of rotatable bonds is 8. The number of aromatic nitrogens is 2. The van der Waals surface area contributed by atoms with E-state index in [1.165, 1.54) is 29.1 Å². The van der Waals surface area contributed by atoms with E-state index < -0.39 is 42.5 Å². The van der Waals surface area contributed by atoms with Crippen molar-refractivity contribution in [2.75, 3.05) is 24.3 Å². The van der Waals surface area contributed by atoms with Gasteiger partial charge in [0.1, 0.15) is 5.75 Å². The zero-order valence-corrected chi connectivity index (χ0v) is 23.5. The molecule has 0 radical (unpaired) electrons. The lowest BCUT2D eigenvalue weighted by Gasteiger charge is -2.45. The third-order valence-corrected chi connectivity index (χ3v) is 7.32. The summed E-state index contributed by atoms with van der Waals surface area (Å²) in [5, 5.41) is 9.54. The molecule has 1 aliphatic rings. The lowest BCUT2D eigenvalue weighted by atomic mass is 9.92. The average Bonchev–Trinajstić information content (AvgIpc) is 3.43. The van der Waals surface area contributed by atoms with Gasteiger partial charge in [-0.15, -0.1) is 0 Å². The Labute approximate surface area is 248 Å². The first kappa shape index (κ1) is 30.5. The molecule has 7 nitrogen and oxygen atoms in total. The number of halogens is 6. The minimum Gasteiger partial charge on any atom is -0.493 e. The van der Waals surface area contributed by atoms with Gasteiger partial charge in [-0.25, -0.2) is 13.6 Å². The van der Waals surface area contributed by atoms with Crippen LogP contribution in [0.1, 0.15) is 6.42 Å². The number of carbonyl (C=O) groups is 1. The summed E-state index contributed by atoms with van der Waals surface area (Å²) in [6, 6.07) is 22.4. The fraction of sp³-hybridized carbons (Fsp3) is 0.226. The summed E-state index contributed by atoms with van der Waals surface area (Å²) in [5.41, 5.74) is 3.71. The number of anilines is 2. The lowest BCUT2D eigenvalue weighted by molar-refractivity contribution is -0.305. The third-order valence-electron chi connectivity index (χ3n) is 7.32. The van der Waals surface area contributed by atoms with Gasteiger partial charge in [0, 0.05) is 49.9 Å². The van der Waals surface area contributed by atoms with Crippen LogP contribution in [0.5, 0.6) is 5.75 Å². The Bertz CT molecular complexity index is 1680. The highest BCUT2D eigenvalue weighted by Gasteiger charge is 2.75. The topological polar surface area (TPSA) is 71.4 Å². The Morgan fingerprint density at radius 1 is 0.864 bits per heavy atom. The molecule has 44 heavy (non-hydrogen) atoms. The Kier molecular flexibility index (Phi) is 8.06. The first-order valence-corrected chi connectivity index (χ1v) is 13.4. The molecule has 2 N–H and O–H groups in total. The molecule has 1 aliphatic heterocycles.